The zero-order chi connectivity index (χ0) is 18.8. The molecule has 26 heavy (non-hydrogen) atoms. The molecule has 6 nitrogen and oxygen atoms in total. The number of carbonyl (C=O) groups excluding carboxylic acids is 1. The van der Waals surface area contributed by atoms with Gasteiger partial charge in [-0.05, 0) is 25.0 Å². The second kappa shape index (κ2) is 7.12. The van der Waals surface area contributed by atoms with Crippen molar-refractivity contribution in [3.8, 4) is 6.07 Å². The molecule has 1 aromatic carbocycles. The summed E-state index contributed by atoms with van der Waals surface area (Å²) in [5.41, 5.74) is 3.47. The molecular formula is C20H23N5O. The highest BCUT2D eigenvalue weighted by molar-refractivity contribution is 5.94. The predicted molar refractivity (Wildman–Crippen MR) is 101 cm³/mol. The van der Waals surface area contributed by atoms with E-state index in [4.69, 9.17) is 5.26 Å². The van der Waals surface area contributed by atoms with Gasteiger partial charge in [0.05, 0.1) is 18.4 Å². The zero-order valence-electron chi connectivity index (χ0n) is 15.5. The molecule has 1 amide bonds. The van der Waals surface area contributed by atoms with Crippen molar-refractivity contribution in [2.75, 3.05) is 10.2 Å². The summed E-state index contributed by atoms with van der Waals surface area (Å²) in [7, 11) is 0. The van der Waals surface area contributed by atoms with Crippen LogP contribution in [-0.4, -0.2) is 21.9 Å². The standard InChI is InChI=1S/C20H23N5O/c1-5-17-13(3)20(24-19-11-22-15(9-21)10-23-19)16-8-12(2)6-7-18(16)25(17)14(4)26/h6-8,10-11,13,17,20H,5H2,1-4H3,(H,23,24)/t13-,17?,20?/m0/s1. The van der Waals surface area contributed by atoms with E-state index in [2.05, 4.69) is 35.2 Å². The summed E-state index contributed by atoms with van der Waals surface area (Å²) in [4.78, 5) is 22.7. The highest BCUT2D eigenvalue weighted by Gasteiger charge is 2.39. The molecule has 134 valence electrons. The fraction of sp³-hybridized carbons (Fsp3) is 0.400. The number of nitrogens with one attached hydrogen (secondary N) is 1. The molecule has 0 radical (unpaired) electrons. The maximum absolute atomic E-state index is 12.3. The number of aromatic nitrogens is 2. The number of nitrogens with zero attached hydrogens (tertiary/aromatic N) is 4. The lowest BCUT2D eigenvalue weighted by Gasteiger charge is -2.45. The van der Waals surface area contributed by atoms with Crippen LogP contribution in [-0.2, 0) is 4.79 Å². The lowest BCUT2D eigenvalue weighted by Crippen LogP contribution is -2.49. The number of fused-ring (bicyclic) bond motifs is 1. The molecule has 6 heteroatoms. The van der Waals surface area contributed by atoms with Gasteiger partial charge in [-0.25, -0.2) is 9.97 Å². The van der Waals surface area contributed by atoms with Crippen LogP contribution in [0.1, 0.15) is 50.1 Å². The van der Waals surface area contributed by atoms with Gasteiger partial charge in [0, 0.05) is 24.6 Å². The van der Waals surface area contributed by atoms with Gasteiger partial charge in [0.1, 0.15) is 11.9 Å². The van der Waals surface area contributed by atoms with Crippen molar-refractivity contribution in [2.45, 2.75) is 46.2 Å². The second-order valence-corrected chi connectivity index (χ2v) is 6.81. The van der Waals surface area contributed by atoms with E-state index >= 15 is 0 Å². The molecule has 0 spiro atoms. The van der Waals surface area contributed by atoms with E-state index < -0.39 is 0 Å². The molecule has 2 aromatic rings. The first-order valence-electron chi connectivity index (χ1n) is 8.85. The van der Waals surface area contributed by atoms with E-state index in [0.29, 0.717) is 5.82 Å². The molecule has 0 saturated heterocycles. The largest absolute Gasteiger partial charge is 0.362 e. The highest BCUT2D eigenvalue weighted by Crippen LogP contribution is 2.43. The van der Waals surface area contributed by atoms with E-state index in [9.17, 15) is 4.79 Å². The van der Waals surface area contributed by atoms with Crippen molar-refractivity contribution >= 4 is 17.4 Å². The molecular weight excluding hydrogens is 326 g/mol. The first kappa shape index (κ1) is 17.9. The summed E-state index contributed by atoms with van der Waals surface area (Å²) in [5, 5.41) is 12.4. The summed E-state index contributed by atoms with van der Waals surface area (Å²) in [6.45, 7) is 7.94. The molecule has 3 rings (SSSR count). The van der Waals surface area contributed by atoms with Gasteiger partial charge in [0.25, 0.3) is 0 Å². The van der Waals surface area contributed by atoms with E-state index in [1.54, 1.807) is 13.1 Å². The predicted octanol–water partition coefficient (Wildman–Crippen LogP) is 3.59. The van der Waals surface area contributed by atoms with E-state index in [-0.39, 0.29) is 29.6 Å². The van der Waals surface area contributed by atoms with E-state index in [0.717, 1.165) is 23.2 Å². The van der Waals surface area contributed by atoms with Gasteiger partial charge < -0.3 is 10.2 Å². The van der Waals surface area contributed by atoms with Gasteiger partial charge >= 0.3 is 0 Å². The second-order valence-electron chi connectivity index (χ2n) is 6.81. The quantitative estimate of drug-likeness (QED) is 0.916. The Labute approximate surface area is 153 Å². The van der Waals surface area contributed by atoms with Gasteiger partial charge in [-0.3, -0.25) is 4.79 Å². The molecule has 1 aliphatic rings. The number of hydrogen-bond acceptors (Lipinski definition) is 5. The van der Waals surface area contributed by atoms with Crippen LogP contribution >= 0.6 is 0 Å². The molecule has 2 heterocycles. The maximum atomic E-state index is 12.3. The summed E-state index contributed by atoms with van der Waals surface area (Å²) < 4.78 is 0. The Hall–Kier alpha value is -2.94. The normalized spacial score (nSPS) is 21.7. The van der Waals surface area contributed by atoms with Crippen LogP contribution in [0, 0.1) is 24.2 Å². The summed E-state index contributed by atoms with van der Waals surface area (Å²) >= 11 is 0. The molecule has 0 saturated carbocycles. The SMILES string of the molecule is CCC1[C@H](C)C(Nc2cnc(C#N)cn2)c2cc(C)ccc2N1C(C)=O. The maximum Gasteiger partial charge on any atom is 0.224 e. The Morgan fingerprint density at radius 1 is 1.35 bits per heavy atom. The number of amides is 1. The number of rotatable bonds is 3. The minimum atomic E-state index is 0.00712. The number of benzene rings is 1. The topological polar surface area (TPSA) is 81.9 Å². The van der Waals surface area contributed by atoms with Crippen molar-refractivity contribution in [1.29, 1.82) is 5.26 Å². The average molecular weight is 349 g/mol. The van der Waals surface area contributed by atoms with Gasteiger partial charge in [0.15, 0.2) is 5.69 Å². The lowest BCUT2D eigenvalue weighted by molar-refractivity contribution is -0.117. The van der Waals surface area contributed by atoms with Crippen LogP contribution in [0.5, 0.6) is 0 Å². The summed E-state index contributed by atoms with van der Waals surface area (Å²) in [6, 6.07) is 8.28. The van der Waals surface area contributed by atoms with Crippen LogP contribution in [0.25, 0.3) is 0 Å². The number of carbonyl (C=O) groups is 1. The minimum Gasteiger partial charge on any atom is -0.362 e. The lowest BCUT2D eigenvalue weighted by atomic mass is 9.80. The minimum absolute atomic E-state index is 0.00712. The average Bonchev–Trinajstić information content (AvgIpc) is 2.63. The first-order chi connectivity index (χ1) is 12.5. The Morgan fingerprint density at radius 3 is 2.69 bits per heavy atom. The fourth-order valence-electron chi connectivity index (χ4n) is 3.85. The molecule has 1 aliphatic heterocycles. The molecule has 3 atom stereocenters. The Balaban J connectivity index is 2.05. The van der Waals surface area contributed by atoms with Crippen LogP contribution in [0.4, 0.5) is 11.5 Å². The molecule has 0 fully saturated rings. The van der Waals surface area contributed by atoms with Crippen molar-refractivity contribution in [3.05, 3.63) is 47.4 Å². The van der Waals surface area contributed by atoms with Gasteiger partial charge in [-0.1, -0.05) is 31.5 Å². The van der Waals surface area contributed by atoms with Crippen molar-refractivity contribution in [2.24, 2.45) is 5.92 Å². The number of aryl methyl sites for hydroxylation is 1. The number of nitriles is 1. The van der Waals surface area contributed by atoms with Crippen LogP contribution in [0.3, 0.4) is 0 Å². The fourth-order valence-corrected chi connectivity index (χ4v) is 3.85. The summed E-state index contributed by atoms with van der Waals surface area (Å²) in [5.74, 6) is 0.875. The van der Waals surface area contributed by atoms with E-state index in [1.807, 2.05) is 30.0 Å². The monoisotopic (exact) mass is 349 g/mol. The Morgan fingerprint density at radius 2 is 2.12 bits per heavy atom. The third kappa shape index (κ3) is 3.13. The molecule has 0 bridgehead atoms. The zero-order valence-corrected chi connectivity index (χ0v) is 15.5. The molecule has 1 aromatic heterocycles. The molecule has 2 unspecified atom stereocenters. The van der Waals surface area contributed by atoms with Crippen LogP contribution in [0.2, 0.25) is 0 Å². The van der Waals surface area contributed by atoms with Crippen molar-refractivity contribution in [1.82, 2.24) is 9.97 Å². The highest BCUT2D eigenvalue weighted by atomic mass is 16.2. The van der Waals surface area contributed by atoms with Gasteiger partial charge in [-0.15, -0.1) is 0 Å². The third-order valence-corrected chi connectivity index (χ3v) is 5.07. The van der Waals surface area contributed by atoms with E-state index in [1.165, 1.54) is 6.20 Å². The van der Waals surface area contributed by atoms with Crippen LogP contribution in [0.15, 0.2) is 30.6 Å². The molecule has 0 aliphatic carbocycles. The smallest absolute Gasteiger partial charge is 0.224 e. The Bertz CT molecular complexity index is 855. The van der Waals surface area contributed by atoms with Crippen molar-refractivity contribution in [3.63, 3.8) is 0 Å². The van der Waals surface area contributed by atoms with Crippen LogP contribution < -0.4 is 10.2 Å². The first-order valence-corrected chi connectivity index (χ1v) is 8.85. The third-order valence-electron chi connectivity index (χ3n) is 5.07. The number of anilines is 2. The number of hydrogen-bond donors (Lipinski definition) is 1. The Kier molecular flexibility index (Phi) is 4.90. The molecule has 1 N–H and O–H groups in total. The van der Waals surface area contributed by atoms with Gasteiger partial charge in [-0.2, -0.15) is 5.26 Å². The summed E-state index contributed by atoms with van der Waals surface area (Å²) in [6.07, 6.45) is 3.91. The van der Waals surface area contributed by atoms with Gasteiger partial charge in [0.2, 0.25) is 5.91 Å². The van der Waals surface area contributed by atoms with Crippen molar-refractivity contribution < 1.29 is 4.79 Å².